The Labute approximate surface area is 106 Å². The quantitative estimate of drug-likeness (QED) is 0.794. The summed E-state index contributed by atoms with van der Waals surface area (Å²) >= 11 is 0. The van der Waals surface area contributed by atoms with Gasteiger partial charge in [0.25, 0.3) is 0 Å². The molecule has 2 aliphatic rings. The third kappa shape index (κ3) is 3.43. The molecular formula is C14H28N2O. The van der Waals surface area contributed by atoms with Gasteiger partial charge in [0, 0.05) is 33.3 Å². The number of methoxy groups -OCH3 is 1. The topological polar surface area (TPSA) is 24.5 Å². The zero-order valence-electron chi connectivity index (χ0n) is 11.5. The molecule has 0 spiro atoms. The summed E-state index contributed by atoms with van der Waals surface area (Å²) in [4.78, 5) is 2.62. The zero-order chi connectivity index (χ0) is 12.1. The van der Waals surface area contributed by atoms with E-state index < -0.39 is 0 Å². The van der Waals surface area contributed by atoms with Crippen molar-refractivity contribution in [3.63, 3.8) is 0 Å². The Morgan fingerprint density at radius 2 is 2.06 bits per heavy atom. The average molecular weight is 240 g/mol. The molecule has 1 heterocycles. The maximum Gasteiger partial charge on any atom is 0.0710 e. The Morgan fingerprint density at radius 3 is 2.65 bits per heavy atom. The fourth-order valence-corrected chi connectivity index (χ4v) is 3.68. The smallest absolute Gasteiger partial charge is 0.0710 e. The largest absolute Gasteiger partial charge is 0.380 e. The van der Waals surface area contributed by atoms with Gasteiger partial charge in [0.2, 0.25) is 0 Å². The first-order valence-corrected chi connectivity index (χ1v) is 7.18. The van der Waals surface area contributed by atoms with E-state index in [9.17, 15) is 0 Å². The van der Waals surface area contributed by atoms with Crippen LogP contribution in [0.2, 0.25) is 0 Å². The van der Waals surface area contributed by atoms with E-state index in [0.29, 0.717) is 11.5 Å². The van der Waals surface area contributed by atoms with Crippen molar-refractivity contribution in [2.24, 2.45) is 5.41 Å². The van der Waals surface area contributed by atoms with Crippen LogP contribution in [0.4, 0.5) is 0 Å². The van der Waals surface area contributed by atoms with Gasteiger partial charge in [0.1, 0.15) is 0 Å². The fourth-order valence-electron chi connectivity index (χ4n) is 3.68. The highest BCUT2D eigenvalue weighted by Crippen LogP contribution is 2.37. The van der Waals surface area contributed by atoms with Crippen LogP contribution >= 0.6 is 0 Å². The molecule has 1 unspecified atom stereocenters. The van der Waals surface area contributed by atoms with Crippen molar-refractivity contribution in [1.82, 2.24) is 10.2 Å². The normalized spacial score (nSPS) is 29.6. The lowest BCUT2D eigenvalue weighted by Gasteiger charge is -2.40. The van der Waals surface area contributed by atoms with Gasteiger partial charge in [-0.3, -0.25) is 0 Å². The van der Waals surface area contributed by atoms with Crippen LogP contribution in [-0.2, 0) is 4.74 Å². The van der Waals surface area contributed by atoms with Crippen LogP contribution in [0, 0.1) is 5.41 Å². The van der Waals surface area contributed by atoms with Crippen molar-refractivity contribution in [3.8, 4) is 0 Å². The Kier molecular flexibility index (Phi) is 4.83. The van der Waals surface area contributed by atoms with Gasteiger partial charge in [-0.25, -0.2) is 0 Å². The minimum atomic E-state index is 0.477. The lowest BCUT2D eigenvalue weighted by atomic mass is 9.73. The van der Waals surface area contributed by atoms with Crippen molar-refractivity contribution in [3.05, 3.63) is 0 Å². The summed E-state index contributed by atoms with van der Waals surface area (Å²) in [6.07, 6.45) is 8.78. The van der Waals surface area contributed by atoms with Crippen molar-refractivity contribution in [1.29, 1.82) is 0 Å². The SMILES string of the molecule is CNCC1(CN2CCC(OC)C2)CCCCC1. The number of ether oxygens (including phenoxy) is 1. The maximum absolute atomic E-state index is 5.47. The molecule has 0 bridgehead atoms. The standard InChI is InChI=1S/C14H28N2O/c1-15-11-14(7-4-3-5-8-14)12-16-9-6-13(10-16)17-2/h13,15H,3-12H2,1-2H3. The molecule has 1 aliphatic carbocycles. The molecule has 0 aromatic heterocycles. The molecule has 0 radical (unpaired) electrons. The molecule has 100 valence electrons. The summed E-state index contributed by atoms with van der Waals surface area (Å²) < 4.78 is 5.47. The molecule has 2 fully saturated rings. The highest BCUT2D eigenvalue weighted by atomic mass is 16.5. The van der Waals surface area contributed by atoms with Crippen LogP contribution in [0.1, 0.15) is 38.5 Å². The number of likely N-dealkylation sites (tertiary alicyclic amines) is 1. The first kappa shape index (κ1) is 13.3. The molecule has 1 saturated heterocycles. The van der Waals surface area contributed by atoms with Crippen LogP contribution in [0.3, 0.4) is 0 Å². The third-order valence-electron chi connectivity index (χ3n) is 4.59. The molecule has 17 heavy (non-hydrogen) atoms. The monoisotopic (exact) mass is 240 g/mol. The summed E-state index contributed by atoms with van der Waals surface area (Å²) in [6, 6.07) is 0. The second kappa shape index (κ2) is 6.17. The van der Waals surface area contributed by atoms with Crippen molar-refractivity contribution < 1.29 is 4.74 Å². The number of hydrogen-bond acceptors (Lipinski definition) is 3. The first-order chi connectivity index (χ1) is 8.28. The Bertz CT molecular complexity index is 221. The highest BCUT2D eigenvalue weighted by Gasteiger charge is 2.35. The summed E-state index contributed by atoms with van der Waals surface area (Å²) in [5, 5.41) is 3.42. The van der Waals surface area contributed by atoms with Gasteiger partial charge in [0.05, 0.1) is 6.10 Å². The number of nitrogens with zero attached hydrogens (tertiary/aromatic N) is 1. The number of rotatable bonds is 5. The molecule has 3 nitrogen and oxygen atoms in total. The van der Waals surface area contributed by atoms with Crippen LogP contribution in [0.5, 0.6) is 0 Å². The van der Waals surface area contributed by atoms with Crippen molar-refractivity contribution >= 4 is 0 Å². The van der Waals surface area contributed by atoms with Crippen LogP contribution in [0.15, 0.2) is 0 Å². The van der Waals surface area contributed by atoms with Crippen LogP contribution < -0.4 is 5.32 Å². The van der Waals surface area contributed by atoms with Gasteiger partial charge in [-0.15, -0.1) is 0 Å². The molecule has 3 heteroatoms. The first-order valence-electron chi connectivity index (χ1n) is 7.18. The van der Waals surface area contributed by atoms with Gasteiger partial charge < -0.3 is 15.0 Å². The van der Waals surface area contributed by atoms with Crippen LogP contribution in [0.25, 0.3) is 0 Å². The van der Waals surface area contributed by atoms with Crippen molar-refractivity contribution in [2.45, 2.75) is 44.6 Å². The van der Waals surface area contributed by atoms with Gasteiger partial charge in [0.15, 0.2) is 0 Å². The lowest BCUT2D eigenvalue weighted by Crippen LogP contribution is -2.44. The molecule has 0 amide bonds. The summed E-state index contributed by atoms with van der Waals surface area (Å²) in [5.74, 6) is 0. The number of nitrogens with one attached hydrogen (secondary N) is 1. The Balaban J connectivity index is 1.88. The second-order valence-corrected chi connectivity index (χ2v) is 5.97. The fraction of sp³-hybridized carbons (Fsp3) is 1.00. The predicted octanol–water partition coefficient (Wildman–Crippen LogP) is 1.88. The van der Waals surface area contributed by atoms with Gasteiger partial charge in [-0.1, -0.05) is 19.3 Å². The van der Waals surface area contributed by atoms with Crippen molar-refractivity contribution in [2.75, 3.05) is 40.3 Å². The molecule has 1 aliphatic heterocycles. The van der Waals surface area contributed by atoms with Gasteiger partial charge in [-0.05, 0) is 31.7 Å². The minimum Gasteiger partial charge on any atom is -0.380 e. The molecule has 1 N–H and O–H groups in total. The molecular weight excluding hydrogens is 212 g/mol. The third-order valence-corrected chi connectivity index (χ3v) is 4.59. The summed E-state index contributed by atoms with van der Waals surface area (Å²) in [7, 11) is 3.94. The molecule has 0 aromatic carbocycles. The van der Waals surface area contributed by atoms with E-state index in [1.807, 2.05) is 7.11 Å². The molecule has 2 rings (SSSR count). The molecule has 1 atom stereocenters. The predicted molar refractivity (Wildman–Crippen MR) is 71.3 cm³/mol. The maximum atomic E-state index is 5.47. The molecule has 1 saturated carbocycles. The van der Waals surface area contributed by atoms with Gasteiger partial charge in [-0.2, -0.15) is 0 Å². The zero-order valence-corrected chi connectivity index (χ0v) is 11.5. The van der Waals surface area contributed by atoms with E-state index in [0.717, 1.165) is 6.54 Å². The van der Waals surface area contributed by atoms with Crippen LogP contribution in [-0.4, -0.2) is 51.3 Å². The van der Waals surface area contributed by atoms with Gasteiger partial charge >= 0.3 is 0 Å². The summed E-state index contributed by atoms with van der Waals surface area (Å²) in [5.41, 5.74) is 0.537. The highest BCUT2D eigenvalue weighted by molar-refractivity contribution is 4.89. The van der Waals surface area contributed by atoms with E-state index >= 15 is 0 Å². The average Bonchev–Trinajstić information content (AvgIpc) is 2.78. The lowest BCUT2D eigenvalue weighted by molar-refractivity contribution is 0.0845. The second-order valence-electron chi connectivity index (χ2n) is 5.97. The summed E-state index contributed by atoms with van der Waals surface area (Å²) in [6.45, 7) is 4.82. The van der Waals surface area contributed by atoms with E-state index in [2.05, 4.69) is 17.3 Å². The Morgan fingerprint density at radius 1 is 1.29 bits per heavy atom. The Hall–Kier alpha value is -0.120. The minimum absolute atomic E-state index is 0.477. The van der Waals surface area contributed by atoms with E-state index in [1.165, 1.54) is 58.2 Å². The number of hydrogen-bond donors (Lipinski definition) is 1. The van der Waals surface area contributed by atoms with E-state index in [-0.39, 0.29) is 0 Å². The van der Waals surface area contributed by atoms with E-state index in [1.54, 1.807) is 0 Å². The molecule has 0 aromatic rings. The van der Waals surface area contributed by atoms with E-state index in [4.69, 9.17) is 4.74 Å².